The molecule has 0 fully saturated rings. The van der Waals surface area contributed by atoms with E-state index in [-0.39, 0.29) is 10.4 Å². The van der Waals surface area contributed by atoms with Crippen LogP contribution in [0.25, 0.3) is 99.3 Å². The quantitative estimate of drug-likeness (QED) is 0.173. The second-order valence-corrected chi connectivity index (χ2v) is 17.8. The Bertz CT molecular complexity index is 3560. The second kappa shape index (κ2) is 15.6. The van der Waals surface area contributed by atoms with Crippen LogP contribution in [-0.2, 0) is 6.18 Å². The van der Waals surface area contributed by atoms with Gasteiger partial charge in [0.05, 0.1) is 33.0 Å². The molecule has 0 saturated heterocycles. The van der Waals surface area contributed by atoms with Gasteiger partial charge >= 0.3 is 6.18 Å². The highest BCUT2D eigenvalue weighted by Gasteiger charge is 2.36. The number of nitrogens with one attached hydrogen (secondary N) is 1. The standard InChI is InChI=1S/C58H34BrClF3N3/c59-49-27-25-39-46-29-42(34-15-5-1-6-16-34)43(35-17-7-2-8-18-35)30-47(46)40-26-28-53(55(49)54(39)40)66(56-41-24-14-13-23-38(41)48(33-50(56)60)58(61,62)63)57-64-51-31-44(36-19-9-3-10-20-36)45(32-52(51)65-57)37-21-11-4-12-22-37/h1-33H,(H,64,65). The first kappa shape index (κ1) is 40.1. The number of anilines is 3. The van der Waals surface area contributed by atoms with Gasteiger partial charge in [-0.2, -0.15) is 13.2 Å². The van der Waals surface area contributed by atoms with E-state index in [2.05, 4.69) is 136 Å². The highest BCUT2D eigenvalue weighted by molar-refractivity contribution is 9.10. The number of halogens is 5. The molecule has 1 aliphatic rings. The van der Waals surface area contributed by atoms with Crippen molar-refractivity contribution in [1.82, 2.24) is 9.97 Å². The predicted molar refractivity (Wildman–Crippen MR) is 270 cm³/mol. The molecular formula is C58H34BrClF3N3. The Balaban J connectivity index is 1.14. The number of hydrogen-bond donors (Lipinski definition) is 1. The smallest absolute Gasteiger partial charge is 0.323 e. The van der Waals surface area contributed by atoms with E-state index < -0.39 is 11.7 Å². The highest BCUT2D eigenvalue weighted by Crippen LogP contribution is 2.56. The fourth-order valence-electron chi connectivity index (χ4n) is 9.82. The largest absolute Gasteiger partial charge is 0.417 e. The number of rotatable bonds is 7. The van der Waals surface area contributed by atoms with E-state index in [1.807, 2.05) is 59.5 Å². The van der Waals surface area contributed by atoms with Crippen LogP contribution in [-0.4, -0.2) is 9.97 Å². The average Bonchev–Trinajstić information content (AvgIpc) is 3.91. The first-order chi connectivity index (χ1) is 32.2. The molecule has 0 saturated carbocycles. The zero-order valence-electron chi connectivity index (χ0n) is 34.8. The molecule has 0 unspecified atom stereocenters. The van der Waals surface area contributed by atoms with Crippen molar-refractivity contribution in [1.29, 1.82) is 0 Å². The van der Waals surface area contributed by atoms with E-state index in [0.717, 1.165) is 93.6 Å². The van der Waals surface area contributed by atoms with E-state index >= 15 is 0 Å². The molecule has 0 spiro atoms. The third kappa shape index (κ3) is 6.52. The minimum absolute atomic E-state index is 0.0301. The Kier molecular flexibility index (Phi) is 9.49. The number of nitrogens with zero attached hydrogens (tertiary/aromatic N) is 2. The minimum atomic E-state index is -4.65. The maximum atomic E-state index is 14.8. The summed E-state index contributed by atoms with van der Waals surface area (Å²) in [5.41, 5.74) is 14.4. The first-order valence-electron chi connectivity index (χ1n) is 21.5. The third-order valence-corrected chi connectivity index (χ3v) is 13.7. The van der Waals surface area contributed by atoms with Crippen LogP contribution in [0.3, 0.4) is 0 Å². The normalized spacial score (nSPS) is 12.0. The van der Waals surface area contributed by atoms with E-state index in [1.54, 1.807) is 18.2 Å². The zero-order valence-corrected chi connectivity index (χ0v) is 37.2. The SMILES string of the molecule is FC(F)(F)c1cc(Cl)c(N(c2nc3cc(-c4ccccc4)c(-c4ccccc4)cc3[nH]2)c2ccc3c4c(ccc(Br)c24)-c2cc(-c4ccccc4)c(-c4ccccc4)cc2-3)c2ccccc12. The Hall–Kier alpha value is -7.45. The van der Waals surface area contributed by atoms with Crippen molar-refractivity contribution in [3.8, 4) is 66.8 Å². The number of aromatic amines is 1. The monoisotopic (exact) mass is 943 g/mol. The van der Waals surface area contributed by atoms with Crippen molar-refractivity contribution in [3.05, 3.63) is 215 Å². The van der Waals surface area contributed by atoms with E-state index in [9.17, 15) is 13.2 Å². The summed E-state index contributed by atoms with van der Waals surface area (Å²) >= 11 is 11.2. The Morgan fingerprint density at radius 2 is 0.939 bits per heavy atom. The van der Waals surface area contributed by atoms with Crippen LogP contribution < -0.4 is 4.90 Å². The molecule has 0 radical (unpaired) electrons. The van der Waals surface area contributed by atoms with Gasteiger partial charge in [0.1, 0.15) is 0 Å². The van der Waals surface area contributed by atoms with Gasteiger partial charge in [0.25, 0.3) is 0 Å². The number of fused-ring (bicyclic) bond motifs is 5. The Labute approximate surface area is 391 Å². The van der Waals surface area contributed by atoms with Crippen LogP contribution in [0.15, 0.2) is 205 Å². The molecule has 0 atom stereocenters. The minimum Gasteiger partial charge on any atom is -0.323 e. The van der Waals surface area contributed by atoms with Crippen molar-refractivity contribution < 1.29 is 13.2 Å². The van der Waals surface area contributed by atoms with Crippen molar-refractivity contribution in [2.75, 3.05) is 4.90 Å². The van der Waals surface area contributed by atoms with Gasteiger partial charge < -0.3 is 4.98 Å². The Morgan fingerprint density at radius 1 is 0.470 bits per heavy atom. The molecule has 11 aromatic rings. The average molecular weight is 945 g/mol. The number of H-pyrrole nitrogens is 1. The van der Waals surface area contributed by atoms with Gasteiger partial charge in [-0.05, 0) is 115 Å². The molecule has 0 bridgehead atoms. The molecule has 8 heteroatoms. The molecule has 1 heterocycles. The van der Waals surface area contributed by atoms with Gasteiger partial charge in [-0.25, -0.2) is 4.98 Å². The van der Waals surface area contributed by atoms with Crippen LogP contribution in [0.1, 0.15) is 5.56 Å². The van der Waals surface area contributed by atoms with E-state index in [4.69, 9.17) is 16.6 Å². The zero-order chi connectivity index (χ0) is 44.7. The van der Waals surface area contributed by atoms with Gasteiger partial charge in [-0.15, -0.1) is 0 Å². The molecule has 0 amide bonds. The van der Waals surface area contributed by atoms with E-state index in [1.165, 1.54) is 6.07 Å². The van der Waals surface area contributed by atoms with Crippen molar-refractivity contribution in [3.63, 3.8) is 0 Å². The fourth-order valence-corrected chi connectivity index (χ4v) is 10.6. The summed E-state index contributed by atoms with van der Waals surface area (Å²) in [6, 6.07) is 65.9. The molecule has 12 rings (SSSR count). The summed E-state index contributed by atoms with van der Waals surface area (Å²) in [4.78, 5) is 10.8. The van der Waals surface area contributed by atoms with Gasteiger partial charge in [0, 0.05) is 20.6 Å². The number of aromatic nitrogens is 2. The molecule has 0 aliphatic heterocycles. The lowest BCUT2D eigenvalue weighted by Crippen LogP contribution is -2.15. The maximum absolute atomic E-state index is 14.8. The van der Waals surface area contributed by atoms with Gasteiger partial charge in [0.2, 0.25) is 5.95 Å². The highest BCUT2D eigenvalue weighted by atomic mass is 79.9. The number of alkyl halides is 3. The van der Waals surface area contributed by atoms with Crippen LogP contribution >= 0.6 is 27.5 Å². The second-order valence-electron chi connectivity index (χ2n) is 16.5. The summed E-state index contributed by atoms with van der Waals surface area (Å²) in [7, 11) is 0. The summed E-state index contributed by atoms with van der Waals surface area (Å²) in [6.45, 7) is 0. The summed E-state index contributed by atoms with van der Waals surface area (Å²) in [5, 5.41) is 2.16. The van der Waals surface area contributed by atoms with Crippen LogP contribution in [0.2, 0.25) is 5.02 Å². The molecule has 1 N–H and O–H groups in total. The van der Waals surface area contributed by atoms with Crippen LogP contribution in [0.5, 0.6) is 0 Å². The summed E-state index contributed by atoms with van der Waals surface area (Å²) in [5.74, 6) is 0.391. The van der Waals surface area contributed by atoms with Gasteiger partial charge in [0.15, 0.2) is 0 Å². The lowest BCUT2D eigenvalue weighted by atomic mass is 9.89. The summed E-state index contributed by atoms with van der Waals surface area (Å²) in [6.07, 6.45) is -4.65. The number of benzene rings is 10. The molecule has 316 valence electrons. The molecular weight excluding hydrogens is 911 g/mol. The number of hydrogen-bond acceptors (Lipinski definition) is 2. The first-order valence-corrected chi connectivity index (χ1v) is 22.7. The molecule has 3 nitrogen and oxygen atoms in total. The van der Waals surface area contributed by atoms with Crippen molar-refractivity contribution in [2.24, 2.45) is 0 Å². The van der Waals surface area contributed by atoms with Crippen molar-refractivity contribution >= 4 is 77.4 Å². The van der Waals surface area contributed by atoms with Crippen LogP contribution in [0, 0.1) is 0 Å². The molecule has 66 heavy (non-hydrogen) atoms. The molecule has 1 aliphatic carbocycles. The van der Waals surface area contributed by atoms with Crippen LogP contribution in [0.4, 0.5) is 30.5 Å². The van der Waals surface area contributed by atoms with Gasteiger partial charge in [-0.3, -0.25) is 4.90 Å². The Morgan fingerprint density at radius 3 is 1.47 bits per heavy atom. The molecule has 1 aromatic heterocycles. The molecule has 10 aromatic carbocycles. The van der Waals surface area contributed by atoms with Gasteiger partial charge in [-0.1, -0.05) is 185 Å². The topological polar surface area (TPSA) is 31.9 Å². The maximum Gasteiger partial charge on any atom is 0.417 e. The third-order valence-electron chi connectivity index (χ3n) is 12.7. The lowest BCUT2D eigenvalue weighted by molar-refractivity contribution is -0.136. The predicted octanol–water partition coefficient (Wildman–Crippen LogP) is 18.1. The number of imidazole rings is 1. The van der Waals surface area contributed by atoms with E-state index in [0.29, 0.717) is 28.2 Å². The fraction of sp³-hybridized carbons (Fsp3) is 0.0172. The summed E-state index contributed by atoms with van der Waals surface area (Å²) < 4.78 is 45.3. The van der Waals surface area contributed by atoms with Crippen molar-refractivity contribution in [2.45, 2.75) is 6.18 Å². The lowest BCUT2D eigenvalue weighted by Gasteiger charge is -2.28.